The van der Waals surface area contributed by atoms with Crippen molar-refractivity contribution in [1.82, 2.24) is 0 Å². The van der Waals surface area contributed by atoms with E-state index in [4.69, 9.17) is 0 Å². The highest BCUT2D eigenvalue weighted by molar-refractivity contribution is 7.19. The maximum atomic E-state index is 2.33. The van der Waals surface area contributed by atoms with Crippen LogP contribution in [0.3, 0.4) is 0 Å². The Morgan fingerprint density at radius 1 is 0.875 bits per heavy atom. The van der Waals surface area contributed by atoms with Crippen molar-refractivity contribution < 1.29 is 0 Å². The lowest BCUT2D eigenvalue weighted by molar-refractivity contribution is 0.890. The van der Waals surface area contributed by atoms with E-state index in [-0.39, 0.29) is 0 Å². The molecule has 1 heteroatoms. The summed E-state index contributed by atoms with van der Waals surface area (Å²) >= 11 is 1.92. The van der Waals surface area contributed by atoms with Gasteiger partial charge in [-0.2, -0.15) is 0 Å². The van der Waals surface area contributed by atoms with Gasteiger partial charge in [0, 0.05) is 9.58 Å². The molecule has 3 aromatic rings. The fourth-order valence-electron chi connectivity index (χ4n) is 2.03. The minimum absolute atomic E-state index is 0.625. The number of thiophene rings is 1. The molecule has 1 aromatic heterocycles. The first-order valence-corrected chi connectivity index (χ1v) is 6.48. The highest BCUT2D eigenvalue weighted by Crippen LogP contribution is 2.33. The van der Waals surface area contributed by atoms with Crippen LogP contribution >= 0.6 is 11.3 Å². The van der Waals surface area contributed by atoms with Gasteiger partial charge in [-0.05, 0) is 40.3 Å². The first-order chi connectivity index (χ1) is 7.74. The quantitative estimate of drug-likeness (QED) is 0.536. The topological polar surface area (TPSA) is 0 Å². The van der Waals surface area contributed by atoms with Crippen molar-refractivity contribution in [2.45, 2.75) is 19.8 Å². The molecule has 0 nitrogen and oxygen atoms in total. The van der Waals surface area contributed by atoms with Crippen LogP contribution in [0.2, 0.25) is 0 Å². The number of benzene rings is 2. The normalized spacial score (nSPS) is 11.7. The summed E-state index contributed by atoms with van der Waals surface area (Å²) in [5.74, 6) is 0.625. The molecule has 0 radical (unpaired) electrons. The van der Waals surface area contributed by atoms with Crippen molar-refractivity contribution in [3.05, 3.63) is 47.3 Å². The maximum Gasteiger partial charge on any atom is 0.0352 e. The van der Waals surface area contributed by atoms with Gasteiger partial charge in [-0.1, -0.05) is 38.1 Å². The van der Waals surface area contributed by atoms with Gasteiger partial charge in [-0.15, -0.1) is 11.3 Å². The Morgan fingerprint density at radius 3 is 2.25 bits per heavy atom. The zero-order valence-corrected chi connectivity index (χ0v) is 10.3. The van der Waals surface area contributed by atoms with E-state index in [0.29, 0.717) is 5.92 Å². The number of fused-ring (bicyclic) bond motifs is 2. The minimum atomic E-state index is 0.625. The van der Waals surface area contributed by atoms with Crippen LogP contribution < -0.4 is 0 Å². The molecule has 0 atom stereocenters. The number of hydrogen-bond acceptors (Lipinski definition) is 1. The molecular weight excluding hydrogens is 212 g/mol. The fraction of sp³-hybridized carbons (Fsp3) is 0.200. The highest BCUT2D eigenvalue weighted by atomic mass is 32.1. The Morgan fingerprint density at radius 2 is 1.56 bits per heavy atom. The van der Waals surface area contributed by atoms with Crippen molar-refractivity contribution in [1.29, 1.82) is 0 Å². The number of hydrogen-bond donors (Lipinski definition) is 0. The highest BCUT2D eigenvalue weighted by Gasteiger charge is 2.06. The van der Waals surface area contributed by atoms with Crippen molar-refractivity contribution in [2.75, 3.05) is 0 Å². The Hall–Kier alpha value is -1.34. The average Bonchev–Trinajstić information content (AvgIpc) is 2.68. The van der Waals surface area contributed by atoms with E-state index in [0.717, 1.165) is 0 Å². The van der Waals surface area contributed by atoms with Crippen molar-refractivity contribution in [3.8, 4) is 0 Å². The molecule has 16 heavy (non-hydrogen) atoms. The third kappa shape index (κ3) is 1.52. The predicted molar refractivity (Wildman–Crippen MR) is 73.4 cm³/mol. The van der Waals surface area contributed by atoms with Gasteiger partial charge in [0.2, 0.25) is 0 Å². The summed E-state index contributed by atoms with van der Waals surface area (Å²) in [7, 11) is 0. The molecule has 2 aromatic carbocycles. The van der Waals surface area contributed by atoms with Crippen LogP contribution in [0, 0.1) is 0 Å². The number of rotatable bonds is 1. The van der Waals surface area contributed by atoms with Crippen LogP contribution in [-0.4, -0.2) is 0 Å². The molecule has 3 rings (SSSR count). The SMILES string of the molecule is CC(C)c1cc2cc3ccccc3cc2s1. The Kier molecular flexibility index (Phi) is 2.22. The lowest BCUT2D eigenvalue weighted by atomic mass is 10.1. The second kappa shape index (κ2) is 3.60. The molecule has 0 aliphatic rings. The van der Waals surface area contributed by atoms with E-state index < -0.39 is 0 Å². The second-order valence-corrected chi connectivity index (χ2v) is 5.66. The van der Waals surface area contributed by atoms with E-state index in [1.807, 2.05) is 11.3 Å². The molecular formula is C15H14S. The molecule has 0 amide bonds. The van der Waals surface area contributed by atoms with Gasteiger partial charge in [0.25, 0.3) is 0 Å². The summed E-state index contributed by atoms with van der Waals surface area (Å²) in [5, 5.41) is 4.06. The molecule has 1 heterocycles. The van der Waals surface area contributed by atoms with Gasteiger partial charge >= 0.3 is 0 Å². The zero-order valence-electron chi connectivity index (χ0n) is 9.53. The molecule has 80 valence electrons. The molecule has 0 aliphatic carbocycles. The fourth-order valence-corrected chi connectivity index (χ4v) is 3.13. The van der Waals surface area contributed by atoms with Crippen molar-refractivity contribution >= 4 is 32.2 Å². The Balaban J connectivity index is 2.34. The third-order valence-electron chi connectivity index (χ3n) is 2.97. The van der Waals surface area contributed by atoms with Crippen LogP contribution in [0.15, 0.2) is 42.5 Å². The van der Waals surface area contributed by atoms with Crippen molar-refractivity contribution in [2.24, 2.45) is 0 Å². The van der Waals surface area contributed by atoms with Gasteiger partial charge in [-0.25, -0.2) is 0 Å². The second-order valence-electron chi connectivity index (χ2n) is 4.54. The molecule has 0 N–H and O–H groups in total. The molecule has 0 spiro atoms. The maximum absolute atomic E-state index is 2.33. The Bertz CT molecular complexity index is 594. The molecule has 0 aliphatic heterocycles. The first-order valence-electron chi connectivity index (χ1n) is 5.66. The van der Waals surface area contributed by atoms with Gasteiger partial charge < -0.3 is 0 Å². The minimum Gasteiger partial charge on any atom is -0.140 e. The van der Waals surface area contributed by atoms with Gasteiger partial charge in [0.05, 0.1) is 0 Å². The van der Waals surface area contributed by atoms with Crippen LogP contribution in [-0.2, 0) is 0 Å². The van der Waals surface area contributed by atoms with E-state index in [2.05, 4.69) is 56.3 Å². The largest absolute Gasteiger partial charge is 0.140 e. The van der Waals surface area contributed by atoms with E-state index in [1.165, 1.54) is 25.7 Å². The monoisotopic (exact) mass is 226 g/mol. The smallest absolute Gasteiger partial charge is 0.0352 e. The van der Waals surface area contributed by atoms with Crippen LogP contribution in [0.1, 0.15) is 24.6 Å². The lowest BCUT2D eigenvalue weighted by Crippen LogP contribution is -1.77. The average molecular weight is 226 g/mol. The van der Waals surface area contributed by atoms with Gasteiger partial charge in [0.1, 0.15) is 0 Å². The first kappa shape index (κ1) is 9.86. The molecule has 0 unspecified atom stereocenters. The van der Waals surface area contributed by atoms with Gasteiger partial charge in [-0.3, -0.25) is 0 Å². The summed E-state index contributed by atoms with van der Waals surface area (Å²) in [6.07, 6.45) is 0. The molecule has 0 saturated heterocycles. The zero-order chi connectivity index (χ0) is 11.1. The molecule has 0 saturated carbocycles. The van der Waals surface area contributed by atoms with Crippen LogP contribution in [0.4, 0.5) is 0 Å². The predicted octanol–water partition coefficient (Wildman–Crippen LogP) is 5.18. The summed E-state index contributed by atoms with van der Waals surface area (Å²) in [5.41, 5.74) is 0. The van der Waals surface area contributed by atoms with E-state index in [9.17, 15) is 0 Å². The summed E-state index contributed by atoms with van der Waals surface area (Å²) in [4.78, 5) is 1.48. The van der Waals surface area contributed by atoms with E-state index >= 15 is 0 Å². The van der Waals surface area contributed by atoms with E-state index in [1.54, 1.807) is 0 Å². The summed E-state index contributed by atoms with van der Waals surface area (Å²) < 4.78 is 1.41. The molecule has 0 bridgehead atoms. The summed E-state index contributed by atoms with van der Waals surface area (Å²) in [6.45, 7) is 4.51. The van der Waals surface area contributed by atoms with Crippen molar-refractivity contribution in [3.63, 3.8) is 0 Å². The third-order valence-corrected chi connectivity index (χ3v) is 4.37. The van der Waals surface area contributed by atoms with Gasteiger partial charge in [0.15, 0.2) is 0 Å². The summed E-state index contributed by atoms with van der Waals surface area (Å²) in [6, 6.07) is 15.5. The Labute approximate surface area is 99.5 Å². The standard InChI is InChI=1S/C15H14S/c1-10(2)14-9-13-7-11-5-3-4-6-12(11)8-15(13)16-14/h3-10H,1-2H3. The van der Waals surface area contributed by atoms with Crippen LogP contribution in [0.5, 0.6) is 0 Å². The lowest BCUT2D eigenvalue weighted by Gasteiger charge is -1.96. The van der Waals surface area contributed by atoms with Crippen LogP contribution in [0.25, 0.3) is 20.9 Å². The molecule has 0 fully saturated rings.